The largest absolute Gasteiger partial charge is 0.495 e. The molecule has 1 fully saturated rings. The SMILES string of the molecule is COc1cc(OC)c(Cl)c(-c2ccc3nc(N[C@@H]4CN[C@H](C#N)C4)ncc3c2)c1Cl. The van der Waals surface area contributed by atoms with Crippen LogP contribution < -0.4 is 20.1 Å². The summed E-state index contributed by atoms with van der Waals surface area (Å²) >= 11 is 13.1. The topological polar surface area (TPSA) is 92.1 Å². The van der Waals surface area contributed by atoms with Crippen molar-refractivity contribution in [1.29, 1.82) is 5.26 Å². The molecule has 1 aliphatic heterocycles. The van der Waals surface area contributed by atoms with E-state index < -0.39 is 0 Å². The number of hydrogen-bond donors (Lipinski definition) is 2. The first kappa shape index (κ1) is 20.5. The normalized spacial score (nSPS) is 18.2. The van der Waals surface area contributed by atoms with E-state index in [2.05, 4.69) is 26.7 Å². The van der Waals surface area contributed by atoms with Gasteiger partial charge in [0.15, 0.2) is 0 Å². The summed E-state index contributed by atoms with van der Waals surface area (Å²) in [5.41, 5.74) is 2.20. The van der Waals surface area contributed by atoms with Gasteiger partial charge in [-0.1, -0.05) is 29.3 Å². The molecule has 1 saturated heterocycles. The Kier molecular flexibility index (Phi) is 5.82. The van der Waals surface area contributed by atoms with Crippen molar-refractivity contribution in [2.45, 2.75) is 18.5 Å². The zero-order valence-corrected chi connectivity index (χ0v) is 17.9. The first-order valence-electron chi connectivity index (χ1n) is 9.30. The van der Waals surface area contributed by atoms with E-state index in [-0.39, 0.29) is 12.1 Å². The molecule has 2 heterocycles. The third kappa shape index (κ3) is 3.82. The monoisotopic (exact) mass is 443 g/mol. The van der Waals surface area contributed by atoms with Gasteiger partial charge in [0.1, 0.15) is 11.5 Å². The Labute approximate surface area is 183 Å². The third-order valence-electron chi connectivity index (χ3n) is 5.06. The summed E-state index contributed by atoms with van der Waals surface area (Å²) in [5.74, 6) is 1.48. The van der Waals surface area contributed by atoms with Crippen molar-refractivity contribution < 1.29 is 9.47 Å². The predicted octanol–water partition coefficient (Wildman–Crippen LogP) is 4.29. The molecule has 2 N–H and O–H groups in total. The zero-order chi connectivity index (χ0) is 21.3. The molecule has 0 unspecified atom stereocenters. The molecule has 7 nitrogen and oxygen atoms in total. The summed E-state index contributed by atoms with van der Waals surface area (Å²) in [6.07, 6.45) is 2.46. The van der Waals surface area contributed by atoms with Crippen molar-refractivity contribution in [1.82, 2.24) is 15.3 Å². The van der Waals surface area contributed by atoms with Crippen LogP contribution >= 0.6 is 23.2 Å². The van der Waals surface area contributed by atoms with Crippen LogP contribution in [0.5, 0.6) is 11.5 Å². The molecule has 0 bridgehead atoms. The van der Waals surface area contributed by atoms with Gasteiger partial charge >= 0.3 is 0 Å². The zero-order valence-electron chi connectivity index (χ0n) is 16.4. The van der Waals surface area contributed by atoms with Crippen LogP contribution in [0.25, 0.3) is 22.0 Å². The number of hydrogen-bond acceptors (Lipinski definition) is 7. The average molecular weight is 444 g/mol. The standard InChI is InChI=1S/C21H19Cl2N5O2/c1-29-16-7-17(30-2)20(23)18(19(16)22)11-3-4-15-12(5-11)9-26-21(28-15)27-14-6-13(8-24)25-10-14/h3-5,7,9,13-14,25H,6,10H2,1-2H3,(H,26,27,28)/t13-,14-/m0/s1. The highest BCUT2D eigenvalue weighted by atomic mass is 35.5. The number of aromatic nitrogens is 2. The van der Waals surface area contributed by atoms with E-state index in [1.54, 1.807) is 26.5 Å². The fraction of sp³-hybridized carbons (Fsp3) is 0.286. The van der Waals surface area contributed by atoms with Gasteiger partial charge in [0, 0.05) is 35.8 Å². The molecule has 154 valence electrons. The van der Waals surface area contributed by atoms with Crippen LogP contribution in [0.2, 0.25) is 10.0 Å². The van der Waals surface area contributed by atoms with Crippen molar-refractivity contribution in [3.8, 4) is 28.7 Å². The van der Waals surface area contributed by atoms with E-state index in [0.717, 1.165) is 16.5 Å². The summed E-state index contributed by atoms with van der Waals surface area (Å²) in [4.78, 5) is 9.01. The highest BCUT2D eigenvalue weighted by Gasteiger charge is 2.24. The number of rotatable bonds is 5. The van der Waals surface area contributed by atoms with Crippen LogP contribution in [0.3, 0.4) is 0 Å². The molecule has 2 aromatic carbocycles. The summed E-state index contributed by atoms with van der Waals surface area (Å²) in [6, 6.07) is 9.57. The van der Waals surface area contributed by atoms with Crippen molar-refractivity contribution in [2.75, 3.05) is 26.1 Å². The van der Waals surface area contributed by atoms with Crippen LogP contribution in [-0.2, 0) is 0 Å². The van der Waals surface area contributed by atoms with Gasteiger partial charge < -0.3 is 14.8 Å². The lowest BCUT2D eigenvalue weighted by atomic mass is 10.0. The summed E-state index contributed by atoms with van der Waals surface area (Å²) in [6.45, 7) is 0.702. The van der Waals surface area contributed by atoms with E-state index in [0.29, 0.717) is 46.0 Å². The van der Waals surface area contributed by atoms with Crippen LogP contribution in [0.4, 0.5) is 5.95 Å². The minimum absolute atomic E-state index is 0.119. The minimum atomic E-state index is -0.139. The summed E-state index contributed by atoms with van der Waals surface area (Å²) in [7, 11) is 3.08. The van der Waals surface area contributed by atoms with Gasteiger partial charge in [0.2, 0.25) is 5.95 Å². The third-order valence-corrected chi connectivity index (χ3v) is 5.81. The molecule has 0 spiro atoms. The lowest BCUT2D eigenvalue weighted by molar-refractivity contribution is 0.395. The molecule has 1 aliphatic rings. The molecule has 0 amide bonds. The maximum atomic E-state index is 9.01. The Morgan fingerprint density at radius 2 is 1.90 bits per heavy atom. The highest BCUT2D eigenvalue weighted by molar-refractivity contribution is 6.41. The molecule has 0 radical (unpaired) electrons. The summed E-state index contributed by atoms with van der Waals surface area (Å²) in [5, 5.41) is 17.1. The number of nitriles is 1. The summed E-state index contributed by atoms with van der Waals surface area (Å²) < 4.78 is 10.7. The van der Waals surface area contributed by atoms with E-state index >= 15 is 0 Å². The fourth-order valence-corrected chi connectivity index (χ4v) is 4.24. The first-order chi connectivity index (χ1) is 14.5. The number of anilines is 1. The van der Waals surface area contributed by atoms with Gasteiger partial charge in [0.25, 0.3) is 0 Å². The van der Waals surface area contributed by atoms with E-state index in [1.165, 1.54) is 0 Å². The Balaban J connectivity index is 1.68. The number of methoxy groups -OCH3 is 2. The molecule has 1 aromatic heterocycles. The number of fused-ring (bicyclic) bond motifs is 1. The average Bonchev–Trinajstić information content (AvgIpc) is 3.21. The second-order valence-electron chi connectivity index (χ2n) is 6.92. The maximum Gasteiger partial charge on any atom is 0.223 e. The number of benzene rings is 2. The quantitative estimate of drug-likeness (QED) is 0.607. The molecule has 2 atom stereocenters. The van der Waals surface area contributed by atoms with E-state index in [4.69, 9.17) is 37.9 Å². The van der Waals surface area contributed by atoms with Gasteiger partial charge in [-0.2, -0.15) is 5.26 Å². The molecular weight excluding hydrogens is 425 g/mol. The van der Waals surface area contributed by atoms with Crippen LogP contribution in [0.1, 0.15) is 6.42 Å². The fourth-order valence-electron chi connectivity index (χ4n) is 3.52. The molecule has 4 rings (SSSR count). The Morgan fingerprint density at radius 1 is 1.17 bits per heavy atom. The number of nitrogens with one attached hydrogen (secondary N) is 2. The van der Waals surface area contributed by atoms with Gasteiger partial charge in [-0.15, -0.1) is 0 Å². The van der Waals surface area contributed by atoms with Crippen LogP contribution in [0.15, 0.2) is 30.5 Å². The number of ether oxygens (including phenoxy) is 2. The Morgan fingerprint density at radius 3 is 2.53 bits per heavy atom. The Hall–Kier alpha value is -2.79. The second kappa shape index (κ2) is 8.52. The van der Waals surface area contributed by atoms with Crippen molar-refractivity contribution in [2.24, 2.45) is 0 Å². The highest BCUT2D eigenvalue weighted by Crippen LogP contribution is 2.46. The Bertz CT molecular complexity index is 1120. The van der Waals surface area contributed by atoms with Crippen LogP contribution in [-0.4, -0.2) is 42.8 Å². The molecule has 0 saturated carbocycles. The number of halogens is 2. The maximum absolute atomic E-state index is 9.01. The van der Waals surface area contributed by atoms with E-state index in [1.807, 2.05) is 18.2 Å². The van der Waals surface area contributed by atoms with Crippen LogP contribution in [0, 0.1) is 11.3 Å². The van der Waals surface area contributed by atoms with Gasteiger partial charge in [-0.3, -0.25) is 5.32 Å². The first-order valence-corrected chi connectivity index (χ1v) is 10.1. The van der Waals surface area contributed by atoms with E-state index in [9.17, 15) is 0 Å². The minimum Gasteiger partial charge on any atom is -0.495 e. The number of nitrogens with zero attached hydrogens (tertiary/aromatic N) is 3. The second-order valence-corrected chi connectivity index (χ2v) is 7.67. The predicted molar refractivity (Wildman–Crippen MR) is 118 cm³/mol. The molecule has 30 heavy (non-hydrogen) atoms. The molecule has 0 aliphatic carbocycles. The lowest BCUT2D eigenvalue weighted by Gasteiger charge is -2.15. The lowest BCUT2D eigenvalue weighted by Crippen LogP contribution is -2.23. The van der Waals surface area contributed by atoms with Crippen molar-refractivity contribution in [3.63, 3.8) is 0 Å². The molecule has 9 heteroatoms. The van der Waals surface area contributed by atoms with Gasteiger partial charge in [0.05, 0.1) is 41.9 Å². The van der Waals surface area contributed by atoms with Crippen molar-refractivity contribution in [3.05, 3.63) is 40.5 Å². The van der Waals surface area contributed by atoms with Gasteiger partial charge in [-0.05, 0) is 24.1 Å². The smallest absolute Gasteiger partial charge is 0.223 e. The molecule has 3 aromatic rings. The molecular formula is C21H19Cl2N5O2. The van der Waals surface area contributed by atoms with Gasteiger partial charge in [-0.25, -0.2) is 9.97 Å². The van der Waals surface area contributed by atoms with Crippen molar-refractivity contribution >= 4 is 40.1 Å².